The Morgan fingerprint density at radius 2 is 0.786 bits per heavy atom. The van der Waals surface area contributed by atoms with Gasteiger partial charge in [-0.15, -0.1) is 0 Å². The molecule has 0 aliphatic rings. The van der Waals surface area contributed by atoms with E-state index in [1.807, 2.05) is 86.6 Å². The normalized spacial score (nSPS) is 11.0. The summed E-state index contributed by atoms with van der Waals surface area (Å²) in [5, 5.41) is 11.5. The van der Waals surface area contributed by atoms with Crippen LogP contribution < -0.4 is 0 Å². The van der Waals surface area contributed by atoms with Gasteiger partial charge in [-0.05, 0) is 81.8 Å². The van der Waals surface area contributed by atoms with E-state index in [1.54, 1.807) is 0 Å². The first-order valence-electron chi connectivity index (χ1n) is 18.6. The van der Waals surface area contributed by atoms with Crippen molar-refractivity contribution in [2.75, 3.05) is 0 Å². The third-order valence-electron chi connectivity index (χ3n) is 10.3. The molecule has 0 atom stereocenters. The molecule has 2 aromatic heterocycles. The zero-order chi connectivity index (χ0) is 38.0. The standard InChI is InChI=1S/C51H35N5/c1-33-16-29-42(34(2)53-33)45-12-8-9-15-48(45)51-55-49(40-10-4-3-5-11-40)54-50(56-51)41-27-25-39(26-28-41)44-31-30-43(46-13-6-7-14-47(44)46)38-23-21-37(22-24-38)36-19-17-35(32-52)18-20-36/h3-31H,1-2H3. The summed E-state index contributed by atoms with van der Waals surface area (Å²) < 4.78 is 0. The van der Waals surface area contributed by atoms with Crippen LogP contribution in [0.2, 0.25) is 0 Å². The maximum atomic E-state index is 9.18. The van der Waals surface area contributed by atoms with Crippen LogP contribution in [0.5, 0.6) is 0 Å². The molecule has 56 heavy (non-hydrogen) atoms. The van der Waals surface area contributed by atoms with Crippen LogP contribution in [0.25, 0.3) is 89.4 Å². The highest BCUT2D eigenvalue weighted by Crippen LogP contribution is 2.38. The molecule has 2 heterocycles. The topological polar surface area (TPSA) is 75.3 Å². The number of benzene rings is 7. The average Bonchev–Trinajstić information content (AvgIpc) is 3.26. The van der Waals surface area contributed by atoms with Crippen molar-refractivity contribution in [1.29, 1.82) is 5.26 Å². The molecule has 0 fully saturated rings. The molecule has 7 aromatic carbocycles. The maximum Gasteiger partial charge on any atom is 0.164 e. The Morgan fingerprint density at radius 1 is 0.339 bits per heavy atom. The fraction of sp³-hybridized carbons (Fsp3) is 0.0392. The molecule has 5 heteroatoms. The van der Waals surface area contributed by atoms with Crippen molar-refractivity contribution in [2.24, 2.45) is 0 Å². The van der Waals surface area contributed by atoms with Crippen LogP contribution in [0.4, 0.5) is 0 Å². The Kier molecular flexibility index (Phi) is 8.99. The van der Waals surface area contributed by atoms with Crippen LogP contribution in [-0.2, 0) is 0 Å². The fourth-order valence-corrected chi connectivity index (χ4v) is 7.41. The third kappa shape index (κ3) is 6.61. The molecule has 0 radical (unpaired) electrons. The van der Waals surface area contributed by atoms with Crippen LogP contribution >= 0.6 is 0 Å². The molecular weight excluding hydrogens is 683 g/mol. The summed E-state index contributed by atoms with van der Waals surface area (Å²) in [6.45, 7) is 4.05. The van der Waals surface area contributed by atoms with Crippen LogP contribution in [0.3, 0.4) is 0 Å². The van der Waals surface area contributed by atoms with Crippen molar-refractivity contribution >= 4 is 10.8 Å². The van der Waals surface area contributed by atoms with Crippen LogP contribution in [-0.4, -0.2) is 19.9 Å². The van der Waals surface area contributed by atoms with Gasteiger partial charge in [-0.2, -0.15) is 5.26 Å². The Hall–Kier alpha value is -7.55. The predicted octanol–water partition coefficient (Wildman–Crippen LogP) is 12.6. The number of aryl methyl sites for hydroxylation is 2. The molecule has 0 aliphatic heterocycles. The SMILES string of the molecule is Cc1ccc(-c2ccccc2-c2nc(-c3ccccc3)nc(-c3ccc(-c4ccc(-c5ccc(-c6ccc(C#N)cc6)cc5)c5ccccc45)cc3)n2)c(C)n1. The van der Waals surface area contributed by atoms with Crippen LogP contribution in [0.1, 0.15) is 17.0 Å². The van der Waals surface area contributed by atoms with Gasteiger partial charge < -0.3 is 0 Å². The molecule has 9 rings (SSSR count). The molecule has 0 unspecified atom stereocenters. The van der Waals surface area contributed by atoms with Gasteiger partial charge in [0.15, 0.2) is 17.5 Å². The molecule has 0 N–H and O–H groups in total. The number of aromatic nitrogens is 4. The Bertz CT molecular complexity index is 2910. The lowest BCUT2D eigenvalue weighted by Crippen LogP contribution is -2.01. The summed E-state index contributed by atoms with van der Waals surface area (Å²) in [5.41, 5.74) is 14.2. The number of hydrogen-bond donors (Lipinski definition) is 0. The molecular formula is C51H35N5. The van der Waals surface area contributed by atoms with Gasteiger partial charge in [0, 0.05) is 33.6 Å². The number of pyridine rings is 1. The first-order valence-corrected chi connectivity index (χ1v) is 18.6. The van der Waals surface area contributed by atoms with E-state index in [0.29, 0.717) is 23.0 Å². The molecule has 264 valence electrons. The van der Waals surface area contributed by atoms with Gasteiger partial charge in [-0.3, -0.25) is 4.98 Å². The first kappa shape index (κ1) is 34.2. The summed E-state index contributed by atoms with van der Waals surface area (Å²) >= 11 is 0. The van der Waals surface area contributed by atoms with Gasteiger partial charge in [0.2, 0.25) is 0 Å². The van der Waals surface area contributed by atoms with Gasteiger partial charge >= 0.3 is 0 Å². The molecule has 0 spiro atoms. The Labute approximate surface area is 326 Å². The smallest absolute Gasteiger partial charge is 0.164 e. The highest BCUT2D eigenvalue weighted by atomic mass is 15.0. The maximum absolute atomic E-state index is 9.18. The predicted molar refractivity (Wildman–Crippen MR) is 227 cm³/mol. The lowest BCUT2D eigenvalue weighted by molar-refractivity contribution is 1.07. The molecule has 0 saturated carbocycles. The van der Waals surface area contributed by atoms with E-state index in [1.165, 1.54) is 16.3 Å². The molecule has 5 nitrogen and oxygen atoms in total. The average molecular weight is 718 g/mol. The number of nitriles is 1. The molecule has 0 amide bonds. The molecule has 9 aromatic rings. The Morgan fingerprint density at radius 3 is 1.36 bits per heavy atom. The zero-order valence-corrected chi connectivity index (χ0v) is 31.0. The van der Waals surface area contributed by atoms with Crippen molar-refractivity contribution in [3.63, 3.8) is 0 Å². The second-order valence-electron chi connectivity index (χ2n) is 13.9. The minimum absolute atomic E-state index is 0.610. The van der Waals surface area contributed by atoms with Crippen molar-refractivity contribution in [1.82, 2.24) is 19.9 Å². The van der Waals surface area contributed by atoms with Gasteiger partial charge in [0.05, 0.1) is 11.6 Å². The van der Waals surface area contributed by atoms with Crippen LogP contribution in [0.15, 0.2) is 176 Å². The van der Waals surface area contributed by atoms with E-state index < -0.39 is 0 Å². The largest absolute Gasteiger partial charge is 0.258 e. The summed E-state index contributed by atoms with van der Waals surface area (Å²) in [6, 6.07) is 62.6. The quantitative estimate of drug-likeness (QED) is 0.164. The second kappa shape index (κ2) is 14.7. The lowest BCUT2D eigenvalue weighted by atomic mass is 9.91. The minimum Gasteiger partial charge on any atom is -0.258 e. The van der Waals surface area contributed by atoms with E-state index in [0.717, 1.165) is 67.0 Å². The minimum atomic E-state index is 0.610. The highest BCUT2D eigenvalue weighted by molar-refractivity contribution is 6.05. The van der Waals surface area contributed by atoms with Crippen molar-refractivity contribution in [2.45, 2.75) is 13.8 Å². The van der Waals surface area contributed by atoms with Crippen molar-refractivity contribution in [3.05, 3.63) is 193 Å². The Balaban J connectivity index is 1.08. The summed E-state index contributed by atoms with van der Waals surface area (Å²) in [4.78, 5) is 19.9. The summed E-state index contributed by atoms with van der Waals surface area (Å²) in [7, 11) is 0. The summed E-state index contributed by atoms with van der Waals surface area (Å²) in [5.74, 6) is 1.84. The van der Waals surface area contributed by atoms with E-state index in [4.69, 9.17) is 19.9 Å². The number of hydrogen-bond acceptors (Lipinski definition) is 5. The first-order chi connectivity index (χ1) is 27.5. The highest BCUT2D eigenvalue weighted by Gasteiger charge is 2.17. The zero-order valence-electron chi connectivity index (χ0n) is 31.0. The number of nitrogens with zero attached hydrogens (tertiary/aromatic N) is 5. The number of fused-ring (bicyclic) bond motifs is 1. The monoisotopic (exact) mass is 717 g/mol. The van der Waals surface area contributed by atoms with Gasteiger partial charge in [0.25, 0.3) is 0 Å². The van der Waals surface area contributed by atoms with E-state index in [9.17, 15) is 5.26 Å². The number of rotatable bonds is 7. The third-order valence-corrected chi connectivity index (χ3v) is 10.3. The van der Waals surface area contributed by atoms with Gasteiger partial charge in [0.1, 0.15) is 0 Å². The fourth-order valence-electron chi connectivity index (χ4n) is 7.41. The molecule has 0 aliphatic carbocycles. The van der Waals surface area contributed by atoms with Gasteiger partial charge in [-0.25, -0.2) is 15.0 Å². The summed E-state index contributed by atoms with van der Waals surface area (Å²) in [6.07, 6.45) is 0. The van der Waals surface area contributed by atoms with Gasteiger partial charge in [-0.1, -0.05) is 158 Å². The lowest BCUT2D eigenvalue weighted by Gasteiger charge is -2.14. The van der Waals surface area contributed by atoms with Crippen molar-refractivity contribution in [3.8, 4) is 84.7 Å². The van der Waals surface area contributed by atoms with E-state index in [-0.39, 0.29) is 0 Å². The van der Waals surface area contributed by atoms with Crippen LogP contribution in [0, 0.1) is 25.2 Å². The van der Waals surface area contributed by atoms with E-state index in [2.05, 4.69) is 109 Å². The molecule has 0 bridgehead atoms. The second-order valence-corrected chi connectivity index (χ2v) is 13.9. The molecule has 0 saturated heterocycles. The van der Waals surface area contributed by atoms with Crippen molar-refractivity contribution < 1.29 is 0 Å². The van der Waals surface area contributed by atoms with E-state index >= 15 is 0 Å².